The molecule has 2 atom stereocenters. The Balaban J connectivity index is 1.71. The van der Waals surface area contributed by atoms with Crippen molar-refractivity contribution in [3.63, 3.8) is 0 Å². The number of carbonyl (C=O) groups is 2. The largest absolute Gasteiger partial charge is 0.507 e. The first-order valence-corrected chi connectivity index (χ1v) is 10.4. The smallest absolute Gasteiger partial charge is 0.300 e. The molecule has 1 saturated heterocycles. The minimum Gasteiger partial charge on any atom is -0.507 e. The normalized spacial score (nSPS) is 21.4. The summed E-state index contributed by atoms with van der Waals surface area (Å²) in [6.07, 6.45) is 0.602. The highest BCUT2D eigenvalue weighted by atomic mass is 19.1. The van der Waals surface area contributed by atoms with Crippen LogP contribution >= 0.6 is 0 Å². The molecule has 1 amide bonds. The number of rotatable bonds is 3. The van der Waals surface area contributed by atoms with E-state index in [1.807, 2.05) is 6.92 Å². The van der Waals surface area contributed by atoms with E-state index in [1.165, 1.54) is 6.07 Å². The van der Waals surface area contributed by atoms with Crippen LogP contribution in [0.15, 0.2) is 58.5 Å². The Bertz CT molecular complexity index is 1340. The van der Waals surface area contributed by atoms with E-state index in [-0.39, 0.29) is 17.4 Å². The molecule has 1 aromatic heterocycles. The molecule has 1 N–H and O–H groups in total. The van der Waals surface area contributed by atoms with Crippen LogP contribution in [-0.4, -0.2) is 22.9 Å². The van der Waals surface area contributed by atoms with Crippen LogP contribution in [0.3, 0.4) is 0 Å². The molecule has 1 fully saturated rings. The number of fused-ring (bicyclic) bond motifs is 1. The fourth-order valence-electron chi connectivity index (χ4n) is 4.35. The van der Waals surface area contributed by atoms with Crippen molar-refractivity contribution in [1.29, 1.82) is 0 Å². The maximum Gasteiger partial charge on any atom is 0.300 e. The molecule has 5 rings (SSSR count). The Hall–Kier alpha value is -3.94. The summed E-state index contributed by atoms with van der Waals surface area (Å²) in [6.45, 7) is 3.58. The van der Waals surface area contributed by atoms with Gasteiger partial charge in [-0.2, -0.15) is 0 Å². The highest BCUT2D eigenvalue weighted by molar-refractivity contribution is 6.51. The van der Waals surface area contributed by atoms with Gasteiger partial charge in [0.15, 0.2) is 0 Å². The molecular formula is C25H19F2NO5. The van der Waals surface area contributed by atoms with Crippen LogP contribution in [0.5, 0.6) is 5.75 Å². The average Bonchev–Trinajstić information content (AvgIpc) is 3.44. The predicted octanol–water partition coefficient (Wildman–Crippen LogP) is 4.82. The van der Waals surface area contributed by atoms with Crippen LogP contribution in [-0.2, 0) is 16.0 Å². The maximum atomic E-state index is 14.7. The zero-order chi connectivity index (χ0) is 23.4. The van der Waals surface area contributed by atoms with Gasteiger partial charge in [-0.15, -0.1) is 0 Å². The maximum absolute atomic E-state index is 14.7. The van der Waals surface area contributed by atoms with E-state index in [1.54, 1.807) is 31.2 Å². The molecule has 0 aliphatic carbocycles. The number of aliphatic hydroxyl groups excluding tert-OH is 1. The highest BCUT2D eigenvalue weighted by Crippen LogP contribution is 2.44. The lowest BCUT2D eigenvalue weighted by Gasteiger charge is -2.23. The Morgan fingerprint density at radius 1 is 1.09 bits per heavy atom. The number of amides is 1. The van der Waals surface area contributed by atoms with Crippen LogP contribution in [0.4, 0.5) is 14.5 Å². The van der Waals surface area contributed by atoms with E-state index >= 15 is 0 Å². The van der Waals surface area contributed by atoms with Crippen molar-refractivity contribution in [1.82, 2.24) is 0 Å². The molecule has 3 aromatic rings. The van der Waals surface area contributed by atoms with Crippen LogP contribution < -0.4 is 9.64 Å². The van der Waals surface area contributed by atoms with Gasteiger partial charge in [0.25, 0.3) is 11.7 Å². The van der Waals surface area contributed by atoms with Crippen molar-refractivity contribution in [2.75, 3.05) is 4.90 Å². The minimum absolute atomic E-state index is 0.0231. The summed E-state index contributed by atoms with van der Waals surface area (Å²) in [6, 6.07) is 9.43. The van der Waals surface area contributed by atoms with Gasteiger partial charge < -0.3 is 14.3 Å². The number of ketones is 1. The number of hydrogen-bond donors (Lipinski definition) is 1. The summed E-state index contributed by atoms with van der Waals surface area (Å²) in [4.78, 5) is 26.9. The quantitative estimate of drug-likeness (QED) is 0.351. The van der Waals surface area contributed by atoms with Gasteiger partial charge in [-0.3, -0.25) is 14.5 Å². The number of hydrogen-bond acceptors (Lipinski definition) is 5. The lowest BCUT2D eigenvalue weighted by atomic mass is 9.97. The molecule has 2 unspecified atom stereocenters. The van der Waals surface area contributed by atoms with Crippen LogP contribution in [0, 0.1) is 18.6 Å². The molecular weight excluding hydrogens is 432 g/mol. The molecule has 33 heavy (non-hydrogen) atoms. The number of aryl methyl sites for hydroxylation is 1. The Labute approximate surface area is 187 Å². The third-order valence-corrected chi connectivity index (χ3v) is 5.81. The Kier molecular flexibility index (Phi) is 4.81. The van der Waals surface area contributed by atoms with Gasteiger partial charge in [-0.25, -0.2) is 8.78 Å². The summed E-state index contributed by atoms with van der Waals surface area (Å²) in [5, 5.41) is 11.2. The second kappa shape index (κ2) is 7.58. The van der Waals surface area contributed by atoms with Gasteiger partial charge in [-0.05, 0) is 61.9 Å². The summed E-state index contributed by atoms with van der Waals surface area (Å²) < 4.78 is 40.0. The fourth-order valence-corrected chi connectivity index (χ4v) is 4.35. The van der Waals surface area contributed by atoms with Gasteiger partial charge in [-0.1, -0.05) is 0 Å². The molecule has 0 bridgehead atoms. The number of halogens is 2. The molecule has 2 aliphatic heterocycles. The molecule has 0 saturated carbocycles. The fraction of sp³-hybridized carbons (Fsp3) is 0.200. The minimum atomic E-state index is -1.28. The second-order valence-corrected chi connectivity index (χ2v) is 8.17. The number of nitrogens with zero attached hydrogens (tertiary/aromatic N) is 1. The standard InChI is InChI=1S/C25H19F2NO5/c1-12-3-7-20(32-12)22-21(23(29)14-4-8-19-15(10-14)9-13(2)33-19)24(30)25(31)28(22)18-11-16(26)5-6-17(18)27/h3-8,10-11,13,22,29H,9H2,1-2H3/b23-21-. The predicted molar refractivity (Wildman–Crippen MR) is 115 cm³/mol. The lowest BCUT2D eigenvalue weighted by Crippen LogP contribution is -2.30. The van der Waals surface area contributed by atoms with E-state index in [0.717, 1.165) is 28.7 Å². The average molecular weight is 451 g/mol. The van der Waals surface area contributed by atoms with E-state index in [9.17, 15) is 23.5 Å². The van der Waals surface area contributed by atoms with Gasteiger partial charge in [0.05, 0.1) is 11.3 Å². The molecule has 2 aliphatic rings. The number of anilines is 1. The van der Waals surface area contributed by atoms with E-state index < -0.39 is 40.8 Å². The molecule has 0 radical (unpaired) electrons. The number of ether oxygens (including phenoxy) is 1. The molecule has 3 heterocycles. The molecule has 2 aromatic carbocycles. The molecule has 8 heteroatoms. The van der Waals surface area contributed by atoms with Crippen molar-refractivity contribution in [2.45, 2.75) is 32.4 Å². The first-order valence-electron chi connectivity index (χ1n) is 10.4. The molecule has 168 valence electrons. The first-order chi connectivity index (χ1) is 15.7. The van der Waals surface area contributed by atoms with E-state index in [2.05, 4.69) is 0 Å². The third-order valence-electron chi connectivity index (χ3n) is 5.81. The zero-order valence-corrected chi connectivity index (χ0v) is 17.8. The van der Waals surface area contributed by atoms with Gasteiger partial charge >= 0.3 is 0 Å². The third kappa shape index (κ3) is 3.38. The lowest BCUT2D eigenvalue weighted by molar-refractivity contribution is -0.132. The number of benzene rings is 2. The number of carbonyl (C=O) groups excluding carboxylic acids is 2. The monoisotopic (exact) mass is 451 g/mol. The second-order valence-electron chi connectivity index (χ2n) is 8.17. The van der Waals surface area contributed by atoms with Crippen LogP contribution in [0.25, 0.3) is 5.76 Å². The van der Waals surface area contributed by atoms with Crippen molar-refractivity contribution in [2.24, 2.45) is 0 Å². The first kappa shape index (κ1) is 20.9. The van der Waals surface area contributed by atoms with Crippen molar-refractivity contribution >= 4 is 23.1 Å². The van der Waals surface area contributed by atoms with Crippen molar-refractivity contribution in [3.05, 3.63) is 88.4 Å². The highest BCUT2D eigenvalue weighted by Gasteiger charge is 2.49. The molecule has 6 nitrogen and oxygen atoms in total. The van der Waals surface area contributed by atoms with Crippen molar-refractivity contribution in [3.8, 4) is 5.75 Å². The number of aliphatic hydroxyl groups is 1. The topological polar surface area (TPSA) is 80.0 Å². The number of Topliss-reactive ketones (excluding diaryl/α,β-unsaturated/α-hetero) is 1. The Morgan fingerprint density at radius 3 is 2.61 bits per heavy atom. The summed E-state index contributed by atoms with van der Waals surface area (Å²) in [7, 11) is 0. The van der Waals surface area contributed by atoms with Crippen LogP contribution in [0.2, 0.25) is 0 Å². The van der Waals surface area contributed by atoms with E-state index in [4.69, 9.17) is 9.15 Å². The zero-order valence-electron chi connectivity index (χ0n) is 17.8. The summed E-state index contributed by atoms with van der Waals surface area (Å²) >= 11 is 0. The Morgan fingerprint density at radius 2 is 1.88 bits per heavy atom. The summed E-state index contributed by atoms with van der Waals surface area (Å²) in [5.74, 6) is -2.94. The van der Waals surface area contributed by atoms with E-state index in [0.29, 0.717) is 23.5 Å². The number of furan rings is 1. The molecule has 0 spiro atoms. The van der Waals surface area contributed by atoms with Gasteiger partial charge in [0.2, 0.25) is 0 Å². The van der Waals surface area contributed by atoms with Gasteiger partial charge in [0.1, 0.15) is 46.8 Å². The SMILES string of the molecule is Cc1ccc(C2/C(=C(/O)c3ccc4c(c3)CC(C)O4)C(=O)C(=O)N2c2cc(F)ccc2F)o1. The van der Waals surface area contributed by atoms with Crippen molar-refractivity contribution < 1.29 is 32.6 Å². The van der Waals surface area contributed by atoms with Crippen LogP contribution in [0.1, 0.15) is 35.6 Å². The summed E-state index contributed by atoms with van der Waals surface area (Å²) in [5.41, 5.74) is 0.455. The van der Waals surface area contributed by atoms with Gasteiger partial charge in [0, 0.05) is 18.1 Å².